The molecule has 11 atom stereocenters. The Hall–Kier alpha value is -0.900. The van der Waals surface area contributed by atoms with Gasteiger partial charge >= 0.3 is 0 Å². The summed E-state index contributed by atoms with van der Waals surface area (Å²) >= 11 is 0. The van der Waals surface area contributed by atoms with E-state index in [2.05, 4.69) is 47.4 Å². The van der Waals surface area contributed by atoms with E-state index >= 15 is 0 Å². The summed E-state index contributed by atoms with van der Waals surface area (Å²) in [6.07, 6.45) is 19.3. The van der Waals surface area contributed by atoms with Crippen molar-refractivity contribution in [2.75, 3.05) is 19.8 Å². The molecular formula is C34H56O3. The van der Waals surface area contributed by atoms with Gasteiger partial charge in [-0.15, -0.1) is 19.7 Å². The molecule has 0 bridgehead atoms. The summed E-state index contributed by atoms with van der Waals surface area (Å²) in [7, 11) is 0. The molecule has 0 unspecified atom stereocenters. The minimum Gasteiger partial charge on any atom is -0.374 e. The Morgan fingerprint density at radius 1 is 0.865 bits per heavy atom. The van der Waals surface area contributed by atoms with E-state index in [0.29, 0.717) is 67.2 Å². The molecule has 0 aromatic heterocycles. The Morgan fingerprint density at radius 3 is 2.27 bits per heavy atom. The summed E-state index contributed by atoms with van der Waals surface area (Å²) in [5.41, 5.74) is 0.538. The average molecular weight is 513 g/mol. The van der Waals surface area contributed by atoms with Crippen molar-refractivity contribution in [1.82, 2.24) is 0 Å². The van der Waals surface area contributed by atoms with Crippen molar-refractivity contribution in [3.63, 3.8) is 0 Å². The highest BCUT2D eigenvalue weighted by molar-refractivity contribution is 5.15. The van der Waals surface area contributed by atoms with E-state index in [1.54, 1.807) is 0 Å². The van der Waals surface area contributed by atoms with Gasteiger partial charge in [0.05, 0.1) is 38.1 Å². The monoisotopic (exact) mass is 512 g/mol. The van der Waals surface area contributed by atoms with Crippen LogP contribution in [0.25, 0.3) is 0 Å². The second-order valence-corrected chi connectivity index (χ2v) is 13.4. The number of fused-ring (bicyclic) bond motifs is 5. The third-order valence-corrected chi connectivity index (χ3v) is 11.7. The summed E-state index contributed by atoms with van der Waals surface area (Å²) in [5, 5.41) is 0. The first-order valence-corrected chi connectivity index (χ1v) is 15.5. The molecule has 37 heavy (non-hydrogen) atoms. The Morgan fingerprint density at radius 2 is 1.57 bits per heavy atom. The van der Waals surface area contributed by atoms with Gasteiger partial charge in [-0.05, 0) is 85.9 Å². The predicted octanol–water partition coefficient (Wildman–Crippen LogP) is 8.41. The van der Waals surface area contributed by atoms with Crippen molar-refractivity contribution in [2.24, 2.45) is 46.3 Å². The zero-order chi connectivity index (χ0) is 26.6. The van der Waals surface area contributed by atoms with E-state index in [9.17, 15) is 0 Å². The quantitative estimate of drug-likeness (QED) is 0.232. The number of ether oxygens (including phenoxy) is 3. The number of unbranched alkanes of at least 4 members (excludes halogenated alkanes) is 1. The van der Waals surface area contributed by atoms with Crippen LogP contribution in [0, 0.1) is 46.3 Å². The summed E-state index contributed by atoms with van der Waals surface area (Å²) in [6, 6.07) is 0. The molecule has 4 saturated carbocycles. The van der Waals surface area contributed by atoms with Crippen LogP contribution in [0.2, 0.25) is 0 Å². The first-order valence-electron chi connectivity index (χ1n) is 15.5. The smallest absolute Gasteiger partial charge is 0.0648 e. The Kier molecular flexibility index (Phi) is 9.84. The molecule has 0 aromatic carbocycles. The lowest BCUT2D eigenvalue weighted by molar-refractivity contribution is -0.223. The standard InChI is InChI=1S/C34H56O3/c1-8-12-13-24(5)27-14-15-28-32-29(23-31(34(27,28)7)37-20-11-4)33(6)17-16-26(35-18-9-2)21-25(33)22-30(32)36-19-10-3/h9-11,24-32H,2-4,8,12-23H2,1,5-7H3/t24-,25+,26-,27-,28+,29+,30-,31+,32+,33+,34-/m1/s1. The van der Waals surface area contributed by atoms with E-state index in [4.69, 9.17) is 14.2 Å². The normalized spacial score (nSPS) is 43.8. The number of hydrogen-bond donors (Lipinski definition) is 0. The van der Waals surface area contributed by atoms with E-state index in [1.165, 1.54) is 57.8 Å². The van der Waals surface area contributed by atoms with Crippen molar-refractivity contribution in [3.8, 4) is 0 Å². The van der Waals surface area contributed by atoms with Crippen molar-refractivity contribution in [3.05, 3.63) is 38.0 Å². The first kappa shape index (κ1) is 29.1. The van der Waals surface area contributed by atoms with Gasteiger partial charge in [0.2, 0.25) is 0 Å². The van der Waals surface area contributed by atoms with Gasteiger partial charge in [0.1, 0.15) is 0 Å². The molecule has 4 aliphatic carbocycles. The van der Waals surface area contributed by atoms with Crippen LogP contribution < -0.4 is 0 Å². The molecule has 0 saturated heterocycles. The summed E-state index contributed by atoms with van der Waals surface area (Å²) in [6.45, 7) is 23.9. The molecule has 0 aromatic rings. The van der Waals surface area contributed by atoms with Gasteiger partial charge in [0.25, 0.3) is 0 Å². The SMILES string of the molecule is C=CCO[C@@H]1CC[C@@]2(C)[C@@H](C1)C[C@@H](OCC=C)[C@@H]1[C@@H]2C[C@H](OCC=C)[C@]2(C)[C@@H]([C@H](C)CCCC)CC[C@@H]12. The maximum absolute atomic E-state index is 6.79. The van der Waals surface area contributed by atoms with Gasteiger partial charge in [-0.2, -0.15) is 0 Å². The first-order chi connectivity index (χ1) is 17.8. The van der Waals surface area contributed by atoms with E-state index in [0.717, 1.165) is 18.3 Å². The molecule has 3 heteroatoms. The molecule has 4 rings (SSSR count). The van der Waals surface area contributed by atoms with Crippen LogP contribution in [-0.4, -0.2) is 38.1 Å². The van der Waals surface area contributed by atoms with Gasteiger partial charge in [-0.3, -0.25) is 0 Å². The lowest BCUT2D eigenvalue weighted by Crippen LogP contribution is -2.63. The molecule has 4 aliphatic rings. The molecule has 0 heterocycles. The molecule has 3 nitrogen and oxygen atoms in total. The van der Waals surface area contributed by atoms with Crippen LogP contribution in [0.4, 0.5) is 0 Å². The minimum atomic E-state index is 0.209. The van der Waals surface area contributed by atoms with Crippen molar-refractivity contribution < 1.29 is 14.2 Å². The maximum atomic E-state index is 6.79. The molecular weight excluding hydrogens is 456 g/mol. The Balaban J connectivity index is 1.68. The van der Waals surface area contributed by atoms with E-state index in [-0.39, 0.29) is 5.41 Å². The fourth-order valence-electron chi connectivity index (χ4n) is 9.94. The summed E-state index contributed by atoms with van der Waals surface area (Å²) in [5.74, 6) is 4.03. The van der Waals surface area contributed by atoms with Crippen LogP contribution in [0.3, 0.4) is 0 Å². The average Bonchev–Trinajstić information content (AvgIpc) is 3.26. The van der Waals surface area contributed by atoms with Gasteiger partial charge < -0.3 is 14.2 Å². The lowest BCUT2D eigenvalue weighted by Gasteiger charge is -2.64. The van der Waals surface area contributed by atoms with Gasteiger partial charge in [-0.1, -0.05) is 65.2 Å². The van der Waals surface area contributed by atoms with Crippen molar-refractivity contribution in [2.45, 2.75) is 110 Å². The molecule has 4 fully saturated rings. The summed E-state index contributed by atoms with van der Waals surface area (Å²) in [4.78, 5) is 0. The molecule has 210 valence electrons. The van der Waals surface area contributed by atoms with Crippen molar-refractivity contribution in [1.29, 1.82) is 0 Å². The van der Waals surface area contributed by atoms with Crippen LogP contribution >= 0.6 is 0 Å². The van der Waals surface area contributed by atoms with Crippen LogP contribution in [0.15, 0.2) is 38.0 Å². The highest BCUT2D eigenvalue weighted by Gasteiger charge is 2.66. The third-order valence-electron chi connectivity index (χ3n) is 11.7. The molecule has 0 radical (unpaired) electrons. The number of hydrogen-bond acceptors (Lipinski definition) is 3. The van der Waals surface area contributed by atoms with E-state index < -0.39 is 0 Å². The van der Waals surface area contributed by atoms with Gasteiger partial charge in [0, 0.05) is 5.41 Å². The largest absolute Gasteiger partial charge is 0.374 e. The van der Waals surface area contributed by atoms with Crippen molar-refractivity contribution >= 4 is 0 Å². The molecule has 0 amide bonds. The Labute approximate surface area is 228 Å². The minimum absolute atomic E-state index is 0.209. The van der Waals surface area contributed by atoms with E-state index in [1.807, 2.05) is 18.2 Å². The summed E-state index contributed by atoms with van der Waals surface area (Å²) < 4.78 is 19.7. The number of rotatable bonds is 13. The molecule has 0 aliphatic heterocycles. The fraction of sp³-hybridized carbons (Fsp3) is 0.824. The van der Waals surface area contributed by atoms with Crippen LogP contribution in [0.1, 0.15) is 91.9 Å². The van der Waals surface area contributed by atoms with Crippen LogP contribution in [-0.2, 0) is 14.2 Å². The predicted molar refractivity (Wildman–Crippen MR) is 154 cm³/mol. The molecule has 0 spiro atoms. The van der Waals surface area contributed by atoms with Gasteiger partial charge in [-0.25, -0.2) is 0 Å². The van der Waals surface area contributed by atoms with Gasteiger partial charge in [0.15, 0.2) is 0 Å². The van der Waals surface area contributed by atoms with Crippen LogP contribution in [0.5, 0.6) is 0 Å². The second-order valence-electron chi connectivity index (χ2n) is 13.4. The highest BCUT2D eigenvalue weighted by Crippen LogP contribution is 2.69. The highest BCUT2D eigenvalue weighted by atomic mass is 16.5. The lowest BCUT2D eigenvalue weighted by atomic mass is 9.43. The molecule has 0 N–H and O–H groups in total. The third kappa shape index (κ3) is 5.44. The Bertz CT molecular complexity index is 777. The zero-order valence-corrected chi connectivity index (χ0v) is 24.5. The zero-order valence-electron chi connectivity index (χ0n) is 24.5. The fourth-order valence-corrected chi connectivity index (χ4v) is 9.94. The topological polar surface area (TPSA) is 27.7 Å². The maximum Gasteiger partial charge on any atom is 0.0648 e. The second kappa shape index (κ2) is 12.5.